The SMILES string of the molecule is N=N/N=C(/C=O)CON. The van der Waals surface area contributed by atoms with Crippen LogP contribution in [0.5, 0.6) is 0 Å². The van der Waals surface area contributed by atoms with Crippen molar-refractivity contribution >= 4 is 12.0 Å². The lowest BCUT2D eigenvalue weighted by Crippen LogP contribution is -2.12. The van der Waals surface area contributed by atoms with Gasteiger partial charge in [-0.2, -0.15) is 5.53 Å². The molecule has 0 spiro atoms. The zero-order chi connectivity index (χ0) is 7.11. The average molecular weight is 130 g/mol. The highest BCUT2D eigenvalue weighted by atomic mass is 16.6. The lowest BCUT2D eigenvalue weighted by Gasteiger charge is -1.89. The third kappa shape index (κ3) is 3.44. The summed E-state index contributed by atoms with van der Waals surface area (Å²) in [6, 6.07) is 0. The second kappa shape index (κ2) is 5.01. The van der Waals surface area contributed by atoms with E-state index in [1.165, 1.54) is 0 Å². The molecule has 50 valence electrons. The first-order chi connectivity index (χ1) is 4.35. The predicted octanol–water partition coefficient (Wildman–Crippen LogP) is -0.537. The van der Waals surface area contributed by atoms with Gasteiger partial charge >= 0.3 is 0 Å². The molecule has 6 nitrogen and oxygen atoms in total. The molecule has 0 aliphatic rings. The molecule has 0 amide bonds. The number of hydrogen-bond donors (Lipinski definition) is 2. The van der Waals surface area contributed by atoms with Crippen molar-refractivity contribution < 1.29 is 9.63 Å². The van der Waals surface area contributed by atoms with Crippen LogP contribution in [0.2, 0.25) is 0 Å². The first kappa shape index (κ1) is 7.86. The van der Waals surface area contributed by atoms with Gasteiger partial charge in [0, 0.05) is 0 Å². The van der Waals surface area contributed by atoms with Crippen molar-refractivity contribution in [1.82, 2.24) is 0 Å². The first-order valence-electron chi connectivity index (χ1n) is 2.05. The zero-order valence-electron chi connectivity index (χ0n) is 4.57. The lowest BCUT2D eigenvalue weighted by molar-refractivity contribution is -0.103. The van der Waals surface area contributed by atoms with Gasteiger partial charge in [-0.15, -0.1) is 5.10 Å². The Morgan fingerprint density at radius 1 is 1.89 bits per heavy atom. The smallest absolute Gasteiger partial charge is 0.168 e. The van der Waals surface area contributed by atoms with E-state index in [4.69, 9.17) is 5.53 Å². The maximum absolute atomic E-state index is 9.88. The number of carbonyl (C=O) groups is 1. The van der Waals surface area contributed by atoms with Crippen molar-refractivity contribution in [1.29, 1.82) is 5.53 Å². The molecule has 0 bridgehead atoms. The first-order valence-corrected chi connectivity index (χ1v) is 2.05. The molecule has 0 aromatic carbocycles. The maximum atomic E-state index is 9.88. The Morgan fingerprint density at radius 3 is 2.89 bits per heavy atom. The van der Waals surface area contributed by atoms with Crippen LogP contribution in [0.1, 0.15) is 0 Å². The molecule has 0 aromatic heterocycles. The third-order valence-electron chi connectivity index (χ3n) is 0.546. The summed E-state index contributed by atoms with van der Waals surface area (Å²) in [7, 11) is 0. The normalized spacial score (nSPS) is 11.0. The van der Waals surface area contributed by atoms with Gasteiger partial charge in [0.25, 0.3) is 0 Å². The van der Waals surface area contributed by atoms with Gasteiger partial charge < -0.3 is 0 Å². The van der Waals surface area contributed by atoms with Crippen molar-refractivity contribution in [3.05, 3.63) is 0 Å². The van der Waals surface area contributed by atoms with Gasteiger partial charge in [0.05, 0.1) is 0 Å². The minimum absolute atomic E-state index is 0.00694. The Hall–Kier alpha value is -1.14. The van der Waals surface area contributed by atoms with Crippen LogP contribution < -0.4 is 5.90 Å². The molecule has 0 unspecified atom stereocenters. The van der Waals surface area contributed by atoms with Gasteiger partial charge in [0.1, 0.15) is 12.3 Å². The van der Waals surface area contributed by atoms with Gasteiger partial charge in [0.2, 0.25) is 0 Å². The molecule has 9 heavy (non-hydrogen) atoms. The highest BCUT2D eigenvalue weighted by Gasteiger charge is 1.93. The number of aldehydes is 1. The monoisotopic (exact) mass is 130 g/mol. The van der Waals surface area contributed by atoms with E-state index < -0.39 is 0 Å². The van der Waals surface area contributed by atoms with Crippen LogP contribution >= 0.6 is 0 Å². The number of nitrogens with zero attached hydrogens (tertiary/aromatic N) is 2. The highest BCUT2D eigenvalue weighted by Crippen LogP contribution is 1.75. The van der Waals surface area contributed by atoms with Gasteiger partial charge in [-0.25, -0.2) is 5.90 Å². The molecule has 0 aliphatic heterocycles. The van der Waals surface area contributed by atoms with Crippen molar-refractivity contribution in [2.45, 2.75) is 0 Å². The molecule has 0 aromatic rings. The molecule has 0 saturated heterocycles. The molecule has 0 fully saturated rings. The van der Waals surface area contributed by atoms with Gasteiger partial charge in [-0.3, -0.25) is 9.63 Å². The highest BCUT2D eigenvalue weighted by molar-refractivity contribution is 6.28. The Balaban J connectivity index is 3.80. The van der Waals surface area contributed by atoms with Gasteiger partial charge in [-0.05, 0) is 0 Å². The van der Waals surface area contributed by atoms with Crippen molar-refractivity contribution in [2.24, 2.45) is 16.2 Å². The molecular weight excluding hydrogens is 124 g/mol. The quantitative estimate of drug-likeness (QED) is 0.231. The summed E-state index contributed by atoms with van der Waals surface area (Å²) >= 11 is 0. The number of hydrogen-bond acceptors (Lipinski definition) is 5. The fraction of sp³-hybridized carbons (Fsp3) is 0.333. The largest absolute Gasteiger partial charge is 0.298 e. The summed E-state index contributed by atoms with van der Waals surface area (Å²) in [5.41, 5.74) is 6.19. The molecule has 3 N–H and O–H groups in total. The second-order valence-electron chi connectivity index (χ2n) is 1.12. The zero-order valence-corrected chi connectivity index (χ0v) is 4.57. The number of nitrogens with one attached hydrogen (secondary N) is 1. The third-order valence-corrected chi connectivity index (χ3v) is 0.546. The van der Waals surface area contributed by atoms with Crippen LogP contribution in [-0.2, 0) is 9.63 Å². The van der Waals surface area contributed by atoms with Crippen LogP contribution in [-0.4, -0.2) is 18.6 Å². The predicted molar refractivity (Wildman–Crippen MR) is 28.8 cm³/mol. The van der Waals surface area contributed by atoms with E-state index in [0.717, 1.165) is 0 Å². The van der Waals surface area contributed by atoms with E-state index in [-0.39, 0.29) is 12.3 Å². The van der Waals surface area contributed by atoms with Crippen molar-refractivity contribution in [2.75, 3.05) is 6.61 Å². The van der Waals surface area contributed by atoms with Crippen LogP contribution in [0.25, 0.3) is 0 Å². The Labute approximate surface area is 51.1 Å². The minimum Gasteiger partial charge on any atom is -0.298 e. The summed E-state index contributed by atoms with van der Waals surface area (Å²) in [5, 5.41) is 5.66. The van der Waals surface area contributed by atoms with E-state index >= 15 is 0 Å². The van der Waals surface area contributed by atoms with E-state index in [1.807, 2.05) is 0 Å². The van der Waals surface area contributed by atoms with E-state index in [0.29, 0.717) is 6.29 Å². The summed E-state index contributed by atoms with van der Waals surface area (Å²) < 4.78 is 0. The maximum Gasteiger partial charge on any atom is 0.168 e. The van der Waals surface area contributed by atoms with Gasteiger partial charge in [0.15, 0.2) is 6.29 Å². The molecule has 0 atom stereocenters. The minimum atomic E-state index is -0.119. The Kier molecular flexibility index (Phi) is 4.37. The van der Waals surface area contributed by atoms with Crippen LogP contribution in [0.3, 0.4) is 0 Å². The van der Waals surface area contributed by atoms with Crippen LogP contribution in [0.15, 0.2) is 10.3 Å². The molecule has 0 saturated carbocycles. The number of rotatable bonds is 4. The van der Waals surface area contributed by atoms with E-state index in [9.17, 15) is 4.79 Å². The average Bonchev–Trinajstić information content (AvgIpc) is 1.88. The topological polar surface area (TPSA) is 101 Å². The number of nitrogens with two attached hydrogens (primary N) is 1. The molecular formula is C3H6N4O2. The van der Waals surface area contributed by atoms with Crippen molar-refractivity contribution in [3.63, 3.8) is 0 Å². The molecule has 6 heteroatoms. The fourth-order valence-electron chi connectivity index (χ4n) is 0.236. The van der Waals surface area contributed by atoms with Crippen LogP contribution in [0, 0.1) is 5.53 Å². The summed E-state index contributed by atoms with van der Waals surface area (Å²) in [6.45, 7) is -0.119. The Bertz CT molecular complexity index is 132. The van der Waals surface area contributed by atoms with E-state index in [1.54, 1.807) is 0 Å². The van der Waals surface area contributed by atoms with Gasteiger partial charge in [-0.1, -0.05) is 5.22 Å². The summed E-state index contributed by atoms with van der Waals surface area (Å²) in [5.74, 6) is 4.59. The molecule has 0 radical (unpaired) electrons. The molecule has 0 aliphatic carbocycles. The second-order valence-corrected chi connectivity index (χ2v) is 1.12. The summed E-state index contributed by atoms with van der Waals surface area (Å²) in [6.07, 6.45) is 0.422. The molecule has 0 rings (SSSR count). The lowest BCUT2D eigenvalue weighted by atomic mass is 10.5. The van der Waals surface area contributed by atoms with Crippen LogP contribution in [0.4, 0.5) is 0 Å². The summed E-state index contributed by atoms with van der Waals surface area (Å²) in [4.78, 5) is 13.9. The molecule has 0 heterocycles. The standard InChI is InChI=1S/C3H6N4O2/c4-7-6-3(1-8)2-9-5/h1,4H,2,5H2/b6-3-,7-4?. The van der Waals surface area contributed by atoms with E-state index in [2.05, 4.69) is 21.1 Å². The Morgan fingerprint density at radius 2 is 2.56 bits per heavy atom. The number of carbonyl (C=O) groups excluding carboxylic acids is 1. The van der Waals surface area contributed by atoms with Crippen molar-refractivity contribution in [3.8, 4) is 0 Å². The fourth-order valence-corrected chi connectivity index (χ4v) is 0.236.